The van der Waals surface area contributed by atoms with Gasteiger partial charge in [0, 0.05) is 44.0 Å². The number of benzene rings is 1. The van der Waals surface area contributed by atoms with Gasteiger partial charge in [-0.15, -0.1) is 23.2 Å². The number of hydrogen-bond donors (Lipinski definition) is 1. The normalized spacial score (nSPS) is 11.6. The van der Waals surface area contributed by atoms with Gasteiger partial charge in [0.25, 0.3) is 0 Å². The summed E-state index contributed by atoms with van der Waals surface area (Å²) in [5, 5.41) is 3.65. The Morgan fingerprint density at radius 3 is 1.73 bits per heavy atom. The average molecular weight is 596 g/mol. The molecule has 1 aromatic heterocycles. The van der Waals surface area contributed by atoms with Crippen LogP contribution in [0.4, 0.5) is 5.69 Å². The number of alkyl halides is 2. The Balaban J connectivity index is 1.43. The number of nitrogens with zero attached hydrogens (tertiary/aromatic N) is 3. The first-order valence-electron chi connectivity index (χ1n) is 16.7. The molecule has 2 rings (SSSR count). The molecule has 1 aromatic carbocycles. The largest absolute Gasteiger partial charge is 0.369 e. The summed E-state index contributed by atoms with van der Waals surface area (Å²) in [7, 11) is 2.13. The summed E-state index contributed by atoms with van der Waals surface area (Å²) in [5.74, 6) is 2.36. The second-order valence-electron chi connectivity index (χ2n) is 11.6. The van der Waals surface area contributed by atoms with E-state index in [1.165, 1.54) is 127 Å². The molecule has 1 N–H and O–H groups in total. The van der Waals surface area contributed by atoms with Crippen LogP contribution in [0.1, 0.15) is 128 Å². The predicted octanol–water partition coefficient (Wildman–Crippen LogP) is 10.0. The molecule has 1 heterocycles. The number of fused-ring (bicyclic) bond motifs is 1. The van der Waals surface area contributed by atoms with Crippen molar-refractivity contribution in [3.8, 4) is 0 Å². The number of anilines is 1. The van der Waals surface area contributed by atoms with Gasteiger partial charge in [-0.25, -0.2) is 4.98 Å². The van der Waals surface area contributed by atoms with Gasteiger partial charge < -0.3 is 14.8 Å². The van der Waals surface area contributed by atoms with Crippen molar-refractivity contribution >= 4 is 39.9 Å². The molecule has 0 saturated heterocycles. The minimum Gasteiger partial charge on any atom is -0.369 e. The Kier molecular flexibility index (Phi) is 20.8. The maximum atomic E-state index is 5.99. The lowest BCUT2D eigenvalue weighted by Gasteiger charge is -2.22. The van der Waals surface area contributed by atoms with Crippen molar-refractivity contribution in [2.75, 3.05) is 42.8 Å². The van der Waals surface area contributed by atoms with Gasteiger partial charge in [-0.2, -0.15) is 0 Å². The van der Waals surface area contributed by atoms with E-state index < -0.39 is 0 Å². The van der Waals surface area contributed by atoms with Crippen LogP contribution in [-0.4, -0.2) is 47.5 Å². The summed E-state index contributed by atoms with van der Waals surface area (Å²) in [6.45, 7) is 6.16. The molecule has 0 spiro atoms. The number of nitrogens with one attached hydrogen (secondary N) is 1. The fourth-order valence-corrected chi connectivity index (χ4v) is 6.10. The number of halogens is 2. The lowest BCUT2D eigenvalue weighted by Crippen LogP contribution is -2.27. The minimum atomic E-state index is 0.593. The molecule has 0 aliphatic heterocycles. The van der Waals surface area contributed by atoms with Crippen LogP contribution in [0, 0.1) is 0 Å². The molecular formula is C34H60Cl2N4. The molecule has 0 aliphatic rings. The molecule has 0 saturated carbocycles. The highest BCUT2D eigenvalue weighted by molar-refractivity contribution is 6.18. The standard InChI is InChI=1S/C34H60Cl2N4/c1-3-4-5-6-7-8-9-10-11-12-13-14-15-16-17-19-26-37-27-20-18-21-34-38-32-30-31(22-23-33(32)39(34)2)40(28-24-35)29-25-36/h22-23,30,37H,3-21,24-29H2,1-2H3. The third kappa shape index (κ3) is 14.8. The second-order valence-corrected chi connectivity index (χ2v) is 12.4. The summed E-state index contributed by atoms with van der Waals surface area (Å²) < 4.78 is 2.25. The van der Waals surface area contributed by atoms with Gasteiger partial charge in [0.1, 0.15) is 5.82 Å². The molecule has 0 radical (unpaired) electrons. The highest BCUT2D eigenvalue weighted by atomic mass is 35.5. The number of unbranched alkanes of at least 4 members (excludes halogenated alkanes) is 16. The summed E-state index contributed by atoms with van der Waals surface area (Å²) in [4.78, 5) is 7.18. The highest BCUT2D eigenvalue weighted by Gasteiger charge is 2.11. The molecule has 0 aliphatic carbocycles. The SMILES string of the molecule is CCCCCCCCCCCCCCCCCCNCCCCc1nc2cc(N(CCCl)CCCl)ccc2n1C. The molecule has 6 heteroatoms. The van der Waals surface area contributed by atoms with Crippen LogP contribution in [0.2, 0.25) is 0 Å². The van der Waals surface area contributed by atoms with Crippen molar-refractivity contribution < 1.29 is 0 Å². The van der Waals surface area contributed by atoms with Crippen LogP contribution >= 0.6 is 23.2 Å². The first-order valence-corrected chi connectivity index (χ1v) is 17.8. The summed E-state index contributed by atoms with van der Waals surface area (Å²) >= 11 is 12.0. The third-order valence-corrected chi connectivity index (χ3v) is 8.58. The quantitative estimate of drug-likeness (QED) is 0.0824. The summed E-state index contributed by atoms with van der Waals surface area (Å²) in [5.41, 5.74) is 3.40. The van der Waals surface area contributed by atoms with Gasteiger partial charge in [-0.1, -0.05) is 103 Å². The van der Waals surface area contributed by atoms with Crippen LogP contribution in [0.25, 0.3) is 11.0 Å². The first-order chi connectivity index (χ1) is 19.7. The van der Waals surface area contributed by atoms with Gasteiger partial charge in [0.2, 0.25) is 0 Å². The molecule has 0 unspecified atom stereocenters. The van der Waals surface area contributed by atoms with Crippen molar-refractivity contribution in [3.63, 3.8) is 0 Å². The van der Waals surface area contributed by atoms with E-state index in [2.05, 4.69) is 47.0 Å². The molecule has 230 valence electrons. The maximum Gasteiger partial charge on any atom is 0.109 e. The Bertz CT molecular complexity index is 863. The first kappa shape index (κ1) is 35.2. The molecule has 0 bridgehead atoms. The number of imidazole rings is 1. The monoisotopic (exact) mass is 594 g/mol. The van der Waals surface area contributed by atoms with E-state index in [4.69, 9.17) is 28.2 Å². The average Bonchev–Trinajstić information content (AvgIpc) is 3.28. The van der Waals surface area contributed by atoms with Crippen molar-refractivity contribution in [1.29, 1.82) is 0 Å². The summed E-state index contributed by atoms with van der Waals surface area (Å²) in [6, 6.07) is 6.52. The van der Waals surface area contributed by atoms with Crippen molar-refractivity contribution in [3.05, 3.63) is 24.0 Å². The lowest BCUT2D eigenvalue weighted by molar-refractivity contribution is 0.523. The second kappa shape index (κ2) is 23.6. The van der Waals surface area contributed by atoms with Crippen LogP contribution in [-0.2, 0) is 13.5 Å². The minimum absolute atomic E-state index is 0.593. The van der Waals surface area contributed by atoms with E-state index in [9.17, 15) is 0 Å². The Labute approximate surface area is 257 Å². The Hall–Kier alpha value is -0.970. The number of aromatic nitrogens is 2. The van der Waals surface area contributed by atoms with Crippen LogP contribution < -0.4 is 10.2 Å². The van der Waals surface area contributed by atoms with E-state index in [0.717, 1.165) is 43.8 Å². The van der Waals surface area contributed by atoms with E-state index in [0.29, 0.717) is 11.8 Å². The molecule has 40 heavy (non-hydrogen) atoms. The van der Waals surface area contributed by atoms with Gasteiger partial charge in [0.15, 0.2) is 0 Å². The lowest BCUT2D eigenvalue weighted by atomic mass is 10.0. The van der Waals surface area contributed by atoms with E-state index in [1.807, 2.05) is 0 Å². The molecule has 2 aromatic rings. The zero-order valence-electron chi connectivity index (χ0n) is 26.0. The number of rotatable bonds is 27. The van der Waals surface area contributed by atoms with E-state index in [-0.39, 0.29) is 0 Å². The van der Waals surface area contributed by atoms with Gasteiger partial charge in [-0.05, 0) is 50.6 Å². The van der Waals surface area contributed by atoms with Crippen LogP contribution in [0.15, 0.2) is 18.2 Å². The van der Waals surface area contributed by atoms with Crippen molar-refractivity contribution in [2.45, 2.75) is 129 Å². The molecule has 0 atom stereocenters. The molecule has 0 fully saturated rings. The van der Waals surface area contributed by atoms with Gasteiger partial charge in [-0.3, -0.25) is 0 Å². The zero-order valence-corrected chi connectivity index (χ0v) is 27.5. The van der Waals surface area contributed by atoms with Crippen LogP contribution in [0.5, 0.6) is 0 Å². The summed E-state index contributed by atoms with van der Waals surface area (Å²) in [6.07, 6.45) is 26.2. The van der Waals surface area contributed by atoms with E-state index >= 15 is 0 Å². The fourth-order valence-electron chi connectivity index (χ4n) is 5.69. The number of hydrogen-bond acceptors (Lipinski definition) is 3. The molecule has 0 amide bonds. The smallest absolute Gasteiger partial charge is 0.109 e. The molecular weight excluding hydrogens is 535 g/mol. The number of aryl methyl sites for hydroxylation is 2. The van der Waals surface area contributed by atoms with Crippen molar-refractivity contribution in [1.82, 2.24) is 14.9 Å². The third-order valence-electron chi connectivity index (χ3n) is 8.24. The van der Waals surface area contributed by atoms with Gasteiger partial charge >= 0.3 is 0 Å². The Morgan fingerprint density at radius 2 is 1.20 bits per heavy atom. The van der Waals surface area contributed by atoms with Gasteiger partial charge in [0.05, 0.1) is 11.0 Å². The Morgan fingerprint density at radius 1 is 0.700 bits per heavy atom. The highest BCUT2D eigenvalue weighted by Crippen LogP contribution is 2.23. The fraction of sp³-hybridized carbons (Fsp3) is 0.794. The predicted molar refractivity (Wildman–Crippen MR) is 180 cm³/mol. The topological polar surface area (TPSA) is 33.1 Å². The maximum absolute atomic E-state index is 5.99. The van der Waals surface area contributed by atoms with Crippen molar-refractivity contribution in [2.24, 2.45) is 7.05 Å². The molecule has 4 nitrogen and oxygen atoms in total. The zero-order chi connectivity index (χ0) is 28.7. The van der Waals surface area contributed by atoms with E-state index in [1.54, 1.807) is 0 Å². The van der Waals surface area contributed by atoms with Crippen LogP contribution in [0.3, 0.4) is 0 Å².